The Labute approximate surface area is 173 Å². The standard InChI is InChI=1S/C27H19NO2/c29-26-22-8-1-2-9-23(22)27(30)28(26)16-4-7-17-10-11-20-13-12-18-5-3-6-19-14-15-21(17)25(20)24(18)19/h1-3,5-6,8-15H,4,7,16H2. The van der Waals surface area contributed by atoms with Crippen molar-refractivity contribution in [2.45, 2.75) is 12.8 Å². The van der Waals surface area contributed by atoms with Gasteiger partial charge in [0.05, 0.1) is 11.1 Å². The lowest BCUT2D eigenvalue weighted by molar-refractivity contribution is 0.0652. The zero-order chi connectivity index (χ0) is 20.2. The fourth-order valence-electron chi connectivity index (χ4n) is 4.88. The van der Waals surface area contributed by atoms with Crippen LogP contribution in [-0.2, 0) is 6.42 Å². The molecule has 0 aliphatic carbocycles. The minimum absolute atomic E-state index is 0.175. The van der Waals surface area contributed by atoms with E-state index in [9.17, 15) is 9.59 Å². The Morgan fingerprint density at radius 1 is 0.600 bits per heavy atom. The maximum atomic E-state index is 12.6. The van der Waals surface area contributed by atoms with Gasteiger partial charge in [-0.05, 0) is 62.9 Å². The molecule has 5 aromatic carbocycles. The number of aryl methyl sites for hydroxylation is 1. The third kappa shape index (κ3) is 2.38. The van der Waals surface area contributed by atoms with Gasteiger partial charge in [0.2, 0.25) is 0 Å². The van der Waals surface area contributed by atoms with Crippen LogP contribution in [0.5, 0.6) is 0 Å². The Morgan fingerprint density at radius 2 is 1.20 bits per heavy atom. The van der Waals surface area contributed by atoms with Crippen LogP contribution in [0.4, 0.5) is 0 Å². The van der Waals surface area contributed by atoms with Gasteiger partial charge in [0.25, 0.3) is 11.8 Å². The fraction of sp³-hybridized carbons (Fsp3) is 0.111. The summed E-state index contributed by atoms with van der Waals surface area (Å²) in [5.74, 6) is -0.350. The summed E-state index contributed by atoms with van der Waals surface area (Å²) in [5, 5.41) is 7.65. The summed E-state index contributed by atoms with van der Waals surface area (Å²) >= 11 is 0. The molecule has 0 unspecified atom stereocenters. The summed E-state index contributed by atoms with van der Waals surface area (Å²) in [4.78, 5) is 26.6. The number of imide groups is 1. The highest BCUT2D eigenvalue weighted by Crippen LogP contribution is 2.36. The van der Waals surface area contributed by atoms with Crippen molar-refractivity contribution in [2.24, 2.45) is 0 Å². The van der Waals surface area contributed by atoms with Gasteiger partial charge in [-0.25, -0.2) is 0 Å². The summed E-state index contributed by atoms with van der Waals surface area (Å²) < 4.78 is 0. The lowest BCUT2D eigenvalue weighted by Crippen LogP contribution is -2.30. The van der Waals surface area contributed by atoms with E-state index < -0.39 is 0 Å². The van der Waals surface area contributed by atoms with Gasteiger partial charge in [0.15, 0.2) is 0 Å². The second-order valence-electron chi connectivity index (χ2n) is 7.99. The molecule has 0 fully saturated rings. The molecular formula is C27H19NO2. The lowest BCUT2D eigenvalue weighted by atomic mass is 9.91. The van der Waals surface area contributed by atoms with Gasteiger partial charge in [-0.3, -0.25) is 14.5 Å². The molecule has 3 heteroatoms. The van der Waals surface area contributed by atoms with Gasteiger partial charge in [-0.1, -0.05) is 66.7 Å². The monoisotopic (exact) mass is 389 g/mol. The highest BCUT2D eigenvalue weighted by atomic mass is 16.2. The van der Waals surface area contributed by atoms with E-state index in [1.54, 1.807) is 24.3 Å². The zero-order valence-corrected chi connectivity index (χ0v) is 16.4. The number of carbonyl (C=O) groups is 2. The first-order chi connectivity index (χ1) is 14.7. The largest absolute Gasteiger partial charge is 0.274 e. The molecule has 6 rings (SSSR count). The molecule has 1 heterocycles. The first-order valence-corrected chi connectivity index (χ1v) is 10.3. The number of carbonyl (C=O) groups excluding carboxylic acids is 2. The fourth-order valence-corrected chi connectivity index (χ4v) is 4.88. The normalized spacial score (nSPS) is 13.8. The molecular weight excluding hydrogens is 370 g/mol. The highest BCUT2D eigenvalue weighted by Gasteiger charge is 2.34. The van der Waals surface area contributed by atoms with Gasteiger partial charge in [-0.15, -0.1) is 0 Å². The van der Waals surface area contributed by atoms with Crippen LogP contribution in [0.3, 0.4) is 0 Å². The number of nitrogens with zero attached hydrogens (tertiary/aromatic N) is 1. The number of hydrogen-bond acceptors (Lipinski definition) is 2. The Bertz CT molecular complexity index is 1420. The predicted octanol–water partition coefficient (Wildman–Crippen LogP) is 5.81. The molecule has 0 N–H and O–H groups in total. The van der Waals surface area contributed by atoms with Crippen molar-refractivity contribution >= 4 is 44.1 Å². The first kappa shape index (κ1) is 17.2. The summed E-state index contributed by atoms with van der Waals surface area (Å²) in [6.07, 6.45) is 1.57. The van der Waals surface area contributed by atoms with Crippen molar-refractivity contribution in [1.29, 1.82) is 0 Å². The summed E-state index contributed by atoms with van der Waals surface area (Å²) in [7, 11) is 0. The van der Waals surface area contributed by atoms with Crippen LogP contribution < -0.4 is 0 Å². The number of benzene rings is 5. The predicted molar refractivity (Wildman–Crippen MR) is 120 cm³/mol. The van der Waals surface area contributed by atoms with Gasteiger partial charge in [-0.2, -0.15) is 0 Å². The molecule has 30 heavy (non-hydrogen) atoms. The second kappa shape index (κ2) is 6.39. The van der Waals surface area contributed by atoms with Crippen LogP contribution in [0, 0.1) is 0 Å². The molecule has 0 radical (unpaired) electrons. The number of amides is 2. The molecule has 1 aliphatic rings. The van der Waals surface area contributed by atoms with E-state index in [0.717, 1.165) is 12.8 Å². The van der Waals surface area contributed by atoms with E-state index in [4.69, 9.17) is 0 Å². The summed E-state index contributed by atoms with van der Waals surface area (Å²) in [5.41, 5.74) is 2.30. The van der Waals surface area contributed by atoms with Crippen molar-refractivity contribution in [3.05, 3.63) is 95.6 Å². The van der Waals surface area contributed by atoms with E-state index in [0.29, 0.717) is 17.7 Å². The minimum atomic E-state index is -0.175. The number of hydrogen-bond donors (Lipinski definition) is 0. The smallest absolute Gasteiger partial charge is 0.261 e. The number of rotatable bonds is 4. The van der Waals surface area contributed by atoms with Gasteiger partial charge >= 0.3 is 0 Å². The van der Waals surface area contributed by atoms with E-state index in [2.05, 4.69) is 54.6 Å². The third-order valence-corrected chi connectivity index (χ3v) is 6.32. The first-order valence-electron chi connectivity index (χ1n) is 10.3. The van der Waals surface area contributed by atoms with Crippen molar-refractivity contribution < 1.29 is 9.59 Å². The van der Waals surface area contributed by atoms with E-state index >= 15 is 0 Å². The molecule has 144 valence electrons. The average Bonchev–Trinajstić information content (AvgIpc) is 3.03. The summed E-state index contributed by atoms with van der Waals surface area (Å²) in [6.45, 7) is 0.439. The molecule has 1 aliphatic heterocycles. The molecule has 3 nitrogen and oxygen atoms in total. The Hall–Kier alpha value is -3.72. The van der Waals surface area contributed by atoms with Gasteiger partial charge in [0.1, 0.15) is 0 Å². The third-order valence-electron chi connectivity index (χ3n) is 6.32. The van der Waals surface area contributed by atoms with Crippen LogP contribution in [0.1, 0.15) is 32.7 Å². The molecule has 0 saturated heterocycles. The van der Waals surface area contributed by atoms with E-state index in [1.807, 2.05) is 0 Å². The van der Waals surface area contributed by atoms with E-state index in [-0.39, 0.29) is 11.8 Å². The molecule has 2 amide bonds. The molecule has 0 atom stereocenters. The molecule has 0 saturated carbocycles. The van der Waals surface area contributed by atoms with Crippen LogP contribution >= 0.6 is 0 Å². The topological polar surface area (TPSA) is 37.4 Å². The second-order valence-corrected chi connectivity index (χ2v) is 7.99. The Morgan fingerprint density at radius 3 is 1.90 bits per heavy atom. The van der Waals surface area contributed by atoms with Crippen LogP contribution in [0.2, 0.25) is 0 Å². The van der Waals surface area contributed by atoms with Crippen molar-refractivity contribution in [2.75, 3.05) is 6.54 Å². The highest BCUT2D eigenvalue weighted by molar-refractivity contribution is 6.23. The molecule has 0 spiro atoms. The van der Waals surface area contributed by atoms with Gasteiger partial charge in [0, 0.05) is 6.54 Å². The van der Waals surface area contributed by atoms with Crippen molar-refractivity contribution in [1.82, 2.24) is 4.90 Å². The molecule has 0 aromatic heterocycles. The van der Waals surface area contributed by atoms with Crippen molar-refractivity contribution in [3.63, 3.8) is 0 Å². The molecule has 5 aromatic rings. The van der Waals surface area contributed by atoms with E-state index in [1.165, 1.54) is 42.8 Å². The summed E-state index contributed by atoms with van der Waals surface area (Å²) in [6, 6.07) is 26.6. The minimum Gasteiger partial charge on any atom is -0.274 e. The zero-order valence-electron chi connectivity index (χ0n) is 16.4. The number of fused-ring (bicyclic) bond motifs is 1. The maximum absolute atomic E-state index is 12.6. The van der Waals surface area contributed by atoms with Crippen LogP contribution in [0.15, 0.2) is 78.9 Å². The quantitative estimate of drug-likeness (QED) is 0.287. The lowest BCUT2D eigenvalue weighted by Gasteiger charge is -2.16. The van der Waals surface area contributed by atoms with Crippen LogP contribution in [0.25, 0.3) is 32.3 Å². The molecule has 0 bridgehead atoms. The van der Waals surface area contributed by atoms with Gasteiger partial charge < -0.3 is 0 Å². The SMILES string of the molecule is O=C1c2ccccc2C(=O)N1CCCc1ccc2ccc3cccc4ccc1c2c34. The Balaban J connectivity index is 1.31. The van der Waals surface area contributed by atoms with Crippen LogP contribution in [-0.4, -0.2) is 23.3 Å². The van der Waals surface area contributed by atoms with Crippen molar-refractivity contribution in [3.8, 4) is 0 Å². The average molecular weight is 389 g/mol. The Kier molecular flexibility index (Phi) is 3.66. The maximum Gasteiger partial charge on any atom is 0.261 e.